The van der Waals surface area contributed by atoms with Crippen LogP contribution in [0.4, 0.5) is 4.79 Å². The van der Waals surface area contributed by atoms with Crippen molar-refractivity contribution in [2.24, 2.45) is 0 Å². The normalized spacial score (nSPS) is 23.5. The zero-order chi connectivity index (χ0) is 15.3. The highest BCUT2D eigenvalue weighted by Gasteiger charge is 2.41. The van der Waals surface area contributed by atoms with Gasteiger partial charge in [0.2, 0.25) is 0 Å². The molecule has 0 aromatic rings. The zero-order valence-electron chi connectivity index (χ0n) is 12.4. The van der Waals surface area contributed by atoms with Crippen molar-refractivity contribution in [3.8, 4) is 0 Å². The van der Waals surface area contributed by atoms with Crippen LogP contribution in [0.5, 0.6) is 0 Å². The summed E-state index contributed by atoms with van der Waals surface area (Å²) in [7, 11) is 1.46. The summed E-state index contributed by atoms with van der Waals surface area (Å²) >= 11 is 0. The van der Waals surface area contributed by atoms with Gasteiger partial charge in [0.1, 0.15) is 12.4 Å². The van der Waals surface area contributed by atoms with Crippen LogP contribution in [0.2, 0.25) is 0 Å². The van der Waals surface area contributed by atoms with Crippen molar-refractivity contribution in [2.75, 3.05) is 20.4 Å². The van der Waals surface area contributed by atoms with Crippen LogP contribution in [0.1, 0.15) is 33.6 Å². The van der Waals surface area contributed by atoms with Gasteiger partial charge in [0.25, 0.3) is 0 Å². The van der Waals surface area contributed by atoms with Crippen LogP contribution in [-0.2, 0) is 19.0 Å². The third-order valence-electron chi connectivity index (χ3n) is 2.86. The molecule has 0 aromatic carbocycles. The number of rotatable bonds is 4. The zero-order valence-corrected chi connectivity index (χ0v) is 12.4. The molecule has 0 saturated carbocycles. The average molecular weight is 289 g/mol. The molecule has 0 aromatic heterocycles. The van der Waals surface area contributed by atoms with Crippen molar-refractivity contribution in [1.82, 2.24) is 4.90 Å². The summed E-state index contributed by atoms with van der Waals surface area (Å²) in [5.74, 6) is -1.10. The first kappa shape index (κ1) is 16.7. The van der Waals surface area contributed by atoms with Crippen molar-refractivity contribution < 1.29 is 28.9 Å². The van der Waals surface area contributed by atoms with Crippen LogP contribution in [0.15, 0.2) is 0 Å². The number of carbonyl (C=O) groups excluding carboxylic acids is 1. The van der Waals surface area contributed by atoms with Gasteiger partial charge in [0.05, 0.1) is 6.10 Å². The minimum absolute atomic E-state index is 0.00337. The first-order chi connectivity index (χ1) is 9.26. The SMILES string of the molecule is COCO[C@@H]1CCCN(C(=O)OC(C)(C)C)[C@@H]1C(=O)O. The fraction of sp³-hybridized carbons (Fsp3) is 0.846. The van der Waals surface area contributed by atoms with E-state index in [0.29, 0.717) is 19.4 Å². The molecule has 7 nitrogen and oxygen atoms in total. The number of hydrogen-bond donors (Lipinski definition) is 1. The molecule has 20 heavy (non-hydrogen) atoms. The number of methoxy groups -OCH3 is 1. The standard InChI is InChI=1S/C13H23NO6/c1-13(2,3)20-12(17)14-7-5-6-9(19-8-18-4)10(14)11(15)16/h9-10H,5-8H2,1-4H3,(H,15,16)/t9-,10+/m1/s1. The minimum atomic E-state index is -1.10. The van der Waals surface area contributed by atoms with Crippen LogP contribution in [0, 0.1) is 0 Å². The van der Waals surface area contributed by atoms with E-state index in [1.807, 2.05) is 0 Å². The number of carboxylic acid groups (broad SMARTS) is 1. The number of likely N-dealkylation sites (tertiary alicyclic amines) is 1. The van der Waals surface area contributed by atoms with Gasteiger partial charge in [-0.05, 0) is 33.6 Å². The molecule has 1 aliphatic rings. The van der Waals surface area contributed by atoms with Crippen molar-refractivity contribution in [3.05, 3.63) is 0 Å². The van der Waals surface area contributed by atoms with Crippen LogP contribution < -0.4 is 0 Å². The molecule has 7 heteroatoms. The summed E-state index contributed by atoms with van der Waals surface area (Å²) < 4.78 is 15.4. The lowest BCUT2D eigenvalue weighted by Crippen LogP contribution is -2.56. The monoisotopic (exact) mass is 289 g/mol. The molecule has 0 radical (unpaired) electrons. The van der Waals surface area contributed by atoms with Crippen molar-refractivity contribution >= 4 is 12.1 Å². The molecule has 1 saturated heterocycles. The summed E-state index contributed by atoms with van der Waals surface area (Å²) in [6.07, 6.45) is 0.0150. The molecule has 0 spiro atoms. The predicted molar refractivity (Wildman–Crippen MR) is 70.3 cm³/mol. The highest BCUT2D eigenvalue weighted by molar-refractivity contribution is 5.81. The van der Waals surface area contributed by atoms with Gasteiger partial charge >= 0.3 is 12.1 Å². The third kappa shape index (κ3) is 4.64. The van der Waals surface area contributed by atoms with Crippen LogP contribution in [0.25, 0.3) is 0 Å². The maximum Gasteiger partial charge on any atom is 0.411 e. The molecule has 1 heterocycles. The number of amides is 1. The lowest BCUT2D eigenvalue weighted by atomic mass is 9.99. The van der Waals surface area contributed by atoms with E-state index in [-0.39, 0.29) is 6.79 Å². The Kier molecular flexibility index (Phi) is 5.76. The summed E-state index contributed by atoms with van der Waals surface area (Å²) in [5.41, 5.74) is -0.666. The molecule has 1 rings (SSSR count). The fourth-order valence-corrected chi connectivity index (χ4v) is 2.11. The molecular weight excluding hydrogens is 266 g/mol. The number of piperidine rings is 1. The molecule has 1 fully saturated rings. The summed E-state index contributed by atoms with van der Waals surface area (Å²) in [6.45, 7) is 5.56. The Morgan fingerprint density at radius 3 is 2.50 bits per heavy atom. The van der Waals surface area contributed by atoms with Gasteiger partial charge in [0, 0.05) is 13.7 Å². The predicted octanol–water partition coefficient (Wildman–Crippen LogP) is 1.46. The van der Waals surface area contributed by atoms with Gasteiger partial charge in [-0.2, -0.15) is 0 Å². The quantitative estimate of drug-likeness (QED) is 0.789. The van der Waals surface area contributed by atoms with Crippen molar-refractivity contribution in [1.29, 1.82) is 0 Å². The van der Waals surface area contributed by atoms with Crippen LogP contribution in [-0.4, -0.2) is 60.3 Å². The Bertz CT molecular complexity index is 351. The second kappa shape index (κ2) is 6.90. The molecule has 0 unspecified atom stereocenters. The lowest BCUT2D eigenvalue weighted by Gasteiger charge is -2.38. The molecule has 1 N–H and O–H groups in total. The lowest BCUT2D eigenvalue weighted by molar-refractivity contribution is -0.160. The molecule has 0 aliphatic carbocycles. The van der Waals surface area contributed by atoms with Crippen molar-refractivity contribution in [2.45, 2.75) is 51.4 Å². The number of hydrogen-bond acceptors (Lipinski definition) is 5. The topological polar surface area (TPSA) is 85.3 Å². The minimum Gasteiger partial charge on any atom is -0.480 e. The molecule has 1 aliphatic heterocycles. The Hall–Kier alpha value is -1.34. The van der Waals surface area contributed by atoms with Gasteiger partial charge in [-0.1, -0.05) is 0 Å². The van der Waals surface area contributed by atoms with E-state index >= 15 is 0 Å². The first-order valence-electron chi connectivity index (χ1n) is 6.59. The van der Waals surface area contributed by atoms with Crippen LogP contribution >= 0.6 is 0 Å². The fourth-order valence-electron chi connectivity index (χ4n) is 2.11. The Balaban J connectivity index is 2.81. The van der Waals surface area contributed by atoms with E-state index < -0.39 is 29.8 Å². The molecule has 2 atom stereocenters. The van der Waals surface area contributed by atoms with E-state index in [1.54, 1.807) is 20.8 Å². The Labute approximate surface area is 118 Å². The highest BCUT2D eigenvalue weighted by Crippen LogP contribution is 2.23. The largest absolute Gasteiger partial charge is 0.480 e. The maximum absolute atomic E-state index is 12.1. The van der Waals surface area contributed by atoms with Gasteiger partial charge in [-0.3, -0.25) is 4.90 Å². The Morgan fingerprint density at radius 2 is 2.00 bits per heavy atom. The molecule has 1 amide bonds. The summed E-state index contributed by atoms with van der Waals surface area (Å²) in [6, 6.07) is -1.05. The Morgan fingerprint density at radius 1 is 1.35 bits per heavy atom. The highest BCUT2D eigenvalue weighted by atomic mass is 16.7. The van der Waals surface area contributed by atoms with Gasteiger partial charge in [0.15, 0.2) is 6.04 Å². The van der Waals surface area contributed by atoms with Gasteiger partial charge in [-0.15, -0.1) is 0 Å². The third-order valence-corrected chi connectivity index (χ3v) is 2.86. The first-order valence-corrected chi connectivity index (χ1v) is 6.59. The van der Waals surface area contributed by atoms with E-state index in [1.165, 1.54) is 12.0 Å². The summed E-state index contributed by atoms with van der Waals surface area (Å²) in [5, 5.41) is 9.36. The average Bonchev–Trinajstić information content (AvgIpc) is 2.33. The van der Waals surface area contributed by atoms with Gasteiger partial charge < -0.3 is 19.3 Å². The van der Waals surface area contributed by atoms with Crippen molar-refractivity contribution in [3.63, 3.8) is 0 Å². The smallest absolute Gasteiger partial charge is 0.411 e. The number of carbonyl (C=O) groups is 2. The molecular formula is C13H23NO6. The van der Waals surface area contributed by atoms with E-state index in [0.717, 1.165) is 0 Å². The number of ether oxygens (including phenoxy) is 3. The number of nitrogens with zero attached hydrogens (tertiary/aromatic N) is 1. The molecule has 0 bridgehead atoms. The van der Waals surface area contributed by atoms with E-state index in [9.17, 15) is 14.7 Å². The maximum atomic E-state index is 12.1. The van der Waals surface area contributed by atoms with E-state index in [4.69, 9.17) is 14.2 Å². The molecule has 116 valence electrons. The van der Waals surface area contributed by atoms with E-state index in [2.05, 4.69) is 0 Å². The number of aliphatic carboxylic acids is 1. The van der Waals surface area contributed by atoms with Gasteiger partial charge in [-0.25, -0.2) is 9.59 Å². The van der Waals surface area contributed by atoms with Crippen LogP contribution in [0.3, 0.4) is 0 Å². The second-order valence-electron chi connectivity index (χ2n) is 5.71. The number of carboxylic acids is 1. The summed E-state index contributed by atoms with van der Waals surface area (Å²) in [4.78, 5) is 24.8. The second-order valence-corrected chi connectivity index (χ2v) is 5.71.